The van der Waals surface area contributed by atoms with E-state index in [-0.39, 0.29) is 24.3 Å². The molecule has 1 aromatic carbocycles. The number of β-amino-alcohol motifs (C(OH)–C–C–N with tert-alkyl or cyclic N) is 1. The number of likely N-dealkylation sites (tertiary alicyclic amines) is 1. The Labute approximate surface area is 141 Å². The van der Waals surface area contributed by atoms with Gasteiger partial charge in [0.1, 0.15) is 18.5 Å². The van der Waals surface area contributed by atoms with Gasteiger partial charge in [-0.2, -0.15) is 0 Å². The molecule has 4 N–H and O–H groups in total. The number of ether oxygens (including phenoxy) is 1. The summed E-state index contributed by atoms with van der Waals surface area (Å²) >= 11 is 0. The molecule has 1 aromatic rings. The van der Waals surface area contributed by atoms with E-state index >= 15 is 0 Å². The normalized spacial score (nSPS) is 17.2. The summed E-state index contributed by atoms with van der Waals surface area (Å²) in [4.78, 5) is 24.4. The van der Waals surface area contributed by atoms with Crippen molar-refractivity contribution in [3.05, 3.63) is 24.3 Å². The van der Waals surface area contributed by atoms with Crippen molar-refractivity contribution in [2.24, 2.45) is 11.7 Å². The van der Waals surface area contributed by atoms with Crippen LogP contribution in [0.5, 0.6) is 5.75 Å². The van der Waals surface area contributed by atoms with Crippen LogP contribution >= 0.6 is 0 Å². The molecule has 7 heteroatoms. The zero-order chi connectivity index (χ0) is 17.5. The van der Waals surface area contributed by atoms with Gasteiger partial charge in [0, 0.05) is 19.4 Å². The van der Waals surface area contributed by atoms with Gasteiger partial charge < -0.3 is 25.8 Å². The van der Waals surface area contributed by atoms with Crippen molar-refractivity contribution in [1.29, 1.82) is 0 Å². The van der Waals surface area contributed by atoms with Gasteiger partial charge in [-0.15, -0.1) is 0 Å². The first-order valence-corrected chi connectivity index (χ1v) is 8.15. The fraction of sp³-hybridized carbons (Fsp3) is 0.529. The number of amides is 2. The maximum absolute atomic E-state index is 11.2. The summed E-state index contributed by atoms with van der Waals surface area (Å²) < 4.78 is 5.64. The number of carbonyl (C=O) groups excluding carboxylic acids is 2. The number of piperidine rings is 1. The maximum Gasteiger partial charge on any atom is 0.221 e. The van der Waals surface area contributed by atoms with Crippen molar-refractivity contribution in [1.82, 2.24) is 4.90 Å². The predicted octanol–water partition coefficient (Wildman–Crippen LogP) is 0.582. The Morgan fingerprint density at radius 1 is 1.38 bits per heavy atom. The van der Waals surface area contributed by atoms with E-state index in [1.54, 1.807) is 18.2 Å². The van der Waals surface area contributed by atoms with E-state index in [2.05, 4.69) is 10.2 Å². The number of para-hydroxylation sites is 2. The predicted molar refractivity (Wildman–Crippen MR) is 90.6 cm³/mol. The van der Waals surface area contributed by atoms with Gasteiger partial charge in [0.2, 0.25) is 11.8 Å². The maximum atomic E-state index is 11.2. The number of hydrogen-bond acceptors (Lipinski definition) is 5. The van der Waals surface area contributed by atoms with E-state index in [1.165, 1.54) is 6.92 Å². The van der Waals surface area contributed by atoms with Gasteiger partial charge in [0.15, 0.2) is 0 Å². The smallest absolute Gasteiger partial charge is 0.221 e. The van der Waals surface area contributed by atoms with Gasteiger partial charge in [-0.3, -0.25) is 9.59 Å². The summed E-state index contributed by atoms with van der Waals surface area (Å²) in [7, 11) is 0. The highest BCUT2D eigenvalue weighted by atomic mass is 16.5. The molecule has 2 amide bonds. The lowest BCUT2D eigenvalue weighted by Crippen LogP contribution is -2.43. The van der Waals surface area contributed by atoms with Crippen LogP contribution in [0.3, 0.4) is 0 Å². The minimum Gasteiger partial charge on any atom is -0.489 e. The van der Waals surface area contributed by atoms with Crippen molar-refractivity contribution in [2.75, 3.05) is 31.6 Å². The van der Waals surface area contributed by atoms with Crippen molar-refractivity contribution in [3.63, 3.8) is 0 Å². The van der Waals surface area contributed by atoms with Gasteiger partial charge in [-0.1, -0.05) is 12.1 Å². The molecule has 1 fully saturated rings. The Morgan fingerprint density at radius 3 is 2.67 bits per heavy atom. The van der Waals surface area contributed by atoms with E-state index in [9.17, 15) is 14.7 Å². The molecule has 0 aromatic heterocycles. The second kappa shape index (κ2) is 8.65. The highest BCUT2D eigenvalue weighted by molar-refractivity contribution is 5.90. The summed E-state index contributed by atoms with van der Waals surface area (Å²) in [6.45, 7) is 3.53. The molecule has 1 atom stereocenters. The number of nitrogens with two attached hydrogens (primary N) is 1. The van der Waals surface area contributed by atoms with Crippen LogP contribution in [0.1, 0.15) is 19.8 Å². The molecule has 24 heavy (non-hydrogen) atoms. The molecule has 1 aliphatic heterocycles. The molecular weight excluding hydrogens is 310 g/mol. The Balaban J connectivity index is 1.79. The molecule has 132 valence electrons. The summed E-state index contributed by atoms with van der Waals surface area (Å²) in [5, 5.41) is 12.9. The SMILES string of the molecule is CC(=O)Nc1ccccc1OCC(O)CN1CCC(C(N)=O)CC1. The fourth-order valence-corrected chi connectivity index (χ4v) is 2.82. The first-order valence-electron chi connectivity index (χ1n) is 8.15. The number of nitrogens with one attached hydrogen (secondary N) is 1. The minimum atomic E-state index is -0.652. The lowest BCUT2D eigenvalue weighted by atomic mass is 9.96. The number of primary amides is 1. The van der Waals surface area contributed by atoms with Gasteiger partial charge in [-0.25, -0.2) is 0 Å². The second-order valence-electron chi connectivity index (χ2n) is 6.12. The Bertz CT molecular complexity index is 571. The number of aliphatic hydroxyl groups excluding tert-OH is 1. The highest BCUT2D eigenvalue weighted by Crippen LogP contribution is 2.24. The zero-order valence-corrected chi connectivity index (χ0v) is 13.9. The number of rotatable bonds is 7. The molecule has 0 saturated carbocycles. The largest absolute Gasteiger partial charge is 0.489 e. The quantitative estimate of drug-likeness (QED) is 0.676. The molecule has 0 spiro atoms. The second-order valence-corrected chi connectivity index (χ2v) is 6.12. The van der Waals surface area contributed by atoms with E-state index in [1.807, 2.05) is 6.07 Å². The van der Waals surface area contributed by atoms with Crippen molar-refractivity contribution in [3.8, 4) is 5.75 Å². The minimum absolute atomic E-state index is 0.0563. The third kappa shape index (κ3) is 5.50. The van der Waals surface area contributed by atoms with Crippen LogP contribution in [0.25, 0.3) is 0 Å². The lowest BCUT2D eigenvalue weighted by Gasteiger charge is -2.31. The molecule has 2 rings (SSSR count). The number of carbonyl (C=O) groups is 2. The summed E-state index contributed by atoms with van der Waals surface area (Å²) in [5.74, 6) is 0.0513. The number of hydrogen-bond donors (Lipinski definition) is 3. The van der Waals surface area contributed by atoms with Crippen LogP contribution in [0.15, 0.2) is 24.3 Å². The lowest BCUT2D eigenvalue weighted by molar-refractivity contribution is -0.123. The van der Waals surface area contributed by atoms with Crippen LogP contribution in [0, 0.1) is 5.92 Å². The van der Waals surface area contributed by atoms with Crippen LogP contribution < -0.4 is 15.8 Å². The molecule has 0 aliphatic carbocycles. The number of benzene rings is 1. The number of nitrogens with zero attached hydrogens (tertiary/aromatic N) is 1. The Hall–Kier alpha value is -2.12. The topological polar surface area (TPSA) is 105 Å². The van der Waals surface area contributed by atoms with Crippen LogP contribution in [-0.4, -0.2) is 54.2 Å². The first-order chi connectivity index (χ1) is 11.5. The molecule has 1 heterocycles. The molecule has 0 radical (unpaired) electrons. The van der Waals surface area contributed by atoms with Gasteiger partial charge in [0.05, 0.1) is 5.69 Å². The fourth-order valence-electron chi connectivity index (χ4n) is 2.82. The number of aliphatic hydroxyl groups is 1. The van der Waals surface area contributed by atoms with E-state index in [4.69, 9.17) is 10.5 Å². The molecule has 1 aliphatic rings. The summed E-state index contributed by atoms with van der Waals surface area (Å²) in [5.41, 5.74) is 5.90. The van der Waals surface area contributed by atoms with Crippen LogP contribution in [-0.2, 0) is 9.59 Å². The summed E-state index contributed by atoms with van der Waals surface area (Å²) in [6.07, 6.45) is 0.809. The number of anilines is 1. The van der Waals surface area contributed by atoms with E-state index < -0.39 is 6.10 Å². The molecule has 1 saturated heterocycles. The first kappa shape index (κ1) is 18.2. The van der Waals surface area contributed by atoms with Crippen LogP contribution in [0.4, 0.5) is 5.69 Å². The molecular formula is C17H25N3O4. The van der Waals surface area contributed by atoms with Gasteiger partial charge in [-0.05, 0) is 38.1 Å². The van der Waals surface area contributed by atoms with Gasteiger partial charge >= 0.3 is 0 Å². The van der Waals surface area contributed by atoms with E-state index in [0.717, 1.165) is 25.9 Å². The van der Waals surface area contributed by atoms with Crippen molar-refractivity contribution < 1.29 is 19.4 Å². The van der Waals surface area contributed by atoms with Gasteiger partial charge in [0.25, 0.3) is 0 Å². The third-order valence-corrected chi connectivity index (χ3v) is 4.09. The average molecular weight is 335 g/mol. The van der Waals surface area contributed by atoms with Crippen molar-refractivity contribution >= 4 is 17.5 Å². The standard InChI is InChI=1S/C17H25N3O4/c1-12(21)19-15-4-2-3-5-16(15)24-11-14(22)10-20-8-6-13(7-9-20)17(18)23/h2-5,13-14,22H,6-11H2,1H3,(H2,18,23)(H,19,21). The van der Waals surface area contributed by atoms with Crippen LogP contribution in [0.2, 0.25) is 0 Å². The van der Waals surface area contributed by atoms with Crippen molar-refractivity contribution in [2.45, 2.75) is 25.9 Å². The molecule has 7 nitrogen and oxygen atoms in total. The zero-order valence-electron chi connectivity index (χ0n) is 13.9. The Kier molecular flexibility index (Phi) is 6.57. The molecule has 0 bridgehead atoms. The van der Waals surface area contributed by atoms with E-state index in [0.29, 0.717) is 18.0 Å². The molecule has 1 unspecified atom stereocenters. The monoisotopic (exact) mass is 335 g/mol. The highest BCUT2D eigenvalue weighted by Gasteiger charge is 2.24. The summed E-state index contributed by atoms with van der Waals surface area (Å²) in [6, 6.07) is 7.10. The third-order valence-electron chi connectivity index (χ3n) is 4.09. The Morgan fingerprint density at radius 2 is 2.04 bits per heavy atom. The average Bonchev–Trinajstić information content (AvgIpc) is 2.54.